The first-order valence-electron chi connectivity index (χ1n) is 6.89. The average Bonchev–Trinajstić information content (AvgIpc) is 2.52. The smallest absolute Gasteiger partial charge is 0.229 e. The molecule has 0 aliphatic carbocycles. The number of hydrogen-bond donors (Lipinski definition) is 2. The summed E-state index contributed by atoms with van der Waals surface area (Å²) in [7, 11) is 0. The third-order valence-corrected chi connectivity index (χ3v) is 3.88. The van der Waals surface area contributed by atoms with Gasteiger partial charge in [0.15, 0.2) is 0 Å². The molecular weight excluding hydrogens is 340 g/mol. The van der Waals surface area contributed by atoms with E-state index < -0.39 is 0 Å². The molecule has 0 radical (unpaired) electrons. The lowest BCUT2D eigenvalue weighted by molar-refractivity contribution is 1.16. The van der Waals surface area contributed by atoms with Crippen molar-refractivity contribution in [1.82, 2.24) is 9.97 Å². The van der Waals surface area contributed by atoms with E-state index >= 15 is 0 Å². The van der Waals surface area contributed by atoms with Gasteiger partial charge in [-0.3, -0.25) is 0 Å². The summed E-state index contributed by atoms with van der Waals surface area (Å²) in [6.07, 6.45) is 1.73. The number of hydrogen-bond acceptors (Lipinski definition) is 4. The first-order chi connectivity index (χ1) is 10.7. The zero-order chi connectivity index (χ0) is 15.4. The van der Waals surface area contributed by atoms with Crippen molar-refractivity contribution in [2.24, 2.45) is 0 Å². The van der Waals surface area contributed by atoms with Crippen LogP contribution >= 0.6 is 15.9 Å². The van der Waals surface area contributed by atoms with E-state index in [2.05, 4.69) is 36.5 Å². The molecule has 0 amide bonds. The van der Waals surface area contributed by atoms with E-state index in [-0.39, 0.29) is 0 Å². The Hall–Kier alpha value is -2.40. The van der Waals surface area contributed by atoms with E-state index in [1.54, 1.807) is 6.20 Å². The number of nitrogens with one attached hydrogen (secondary N) is 2. The normalized spacial score (nSPS) is 10.3. The fourth-order valence-corrected chi connectivity index (χ4v) is 2.41. The highest BCUT2D eigenvalue weighted by Crippen LogP contribution is 2.25. The molecule has 1 heterocycles. The van der Waals surface area contributed by atoms with Crippen LogP contribution in [0.2, 0.25) is 0 Å². The highest BCUT2D eigenvalue weighted by molar-refractivity contribution is 9.10. The van der Waals surface area contributed by atoms with Gasteiger partial charge < -0.3 is 10.6 Å². The second-order valence-corrected chi connectivity index (χ2v) is 5.66. The maximum absolute atomic E-state index is 4.49. The largest absolute Gasteiger partial charge is 0.339 e. The number of para-hydroxylation sites is 2. The van der Waals surface area contributed by atoms with Crippen molar-refractivity contribution in [3.63, 3.8) is 0 Å². The summed E-state index contributed by atoms with van der Waals surface area (Å²) in [6, 6.07) is 17.8. The second kappa shape index (κ2) is 6.58. The summed E-state index contributed by atoms with van der Waals surface area (Å²) in [5.74, 6) is 1.30. The third kappa shape index (κ3) is 3.43. The first-order valence-corrected chi connectivity index (χ1v) is 7.69. The topological polar surface area (TPSA) is 49.8 Å². The van der Waals surface area contributed by atoms with Crippen LogP contribution in [0.3, 0.4) is 0 Å². The van der Waals surface area contributed by atoms with Crippen LogP contribution in [0.1, 0.15) is 5.56 Å². The van der Waals surface area contributed by atoms with E-state index in [0.717, 1.165) is 27.2 Å². The molecule has 0 aliphatic rings. The highest BCUT2D eigenvalue weighted by Gasteiger charge is 2.04. The van der Waals surface area contributed by atoms with Gasteiger partial charge >= 0.3 is 0 Å². The maximum atomic E-state index is 4.49. The van der Waals surface area contributed by atoms with Gasteiger partial charge in [-0.2, -0.15) is 4.98 Å². The number of aryl methyl sites for hydroxylation is 1. The van der Waals surface area contributed by atoms with E-state index in [4.69, 9.17) is 0 Å². The van der Waals surface area contributed by atoms with Gasteiger partial charge in [0.2, 0.25) is 5.95 Å². The lowest BCUT2D eigenvalue weighted by Gasteiger charge is -2.10. The van der Waals surface area contributed by atoms with Crippen molar-refractivity contribution in [2.45, 2.75) is 6.92 Å². The Kier molecular flexibility index (Phi) is 4.34. The molecule has 3 aromatic rings. The van der Waals surface area contributed by atoms with Crippen molar-refractivity contribution in [2.75, 3.05) is 10.6 Å². The van der Waals surface area contributed by atoms with Crippen molar-refractivity contribution < 1.29 is 0 Å². The molecule has 1 aromatic heterocycles. The molecule has 0 atom stereocenters. The lowest BCUT2D eigenvalue weighted by Crippen LogP contribution is -2.01. The summed E-state index contributed by atoms with van der Waals surface area (Å²) in [6.45, 7) is 2.05. The molecule has 0 saturated heterocycles. The molecule has 0 spiro atoms. The number of halogens is 1. The quantitative estimate of drug-likeness (QED) is 0.689. The molecule has 4 nitrogen and oxygen atoms in total. The monoisotopic (exact) mass is 354 g/mol. The van der Waals surface area contributed by atoms with E-state index in [1.807, 2.05) is 61.5 Å². The zero-order valence-corrected chi connectivity index (χ0v) is 13.6. The predicted molar refractivity (Wildman–Crippen MR) is 93.9 cm³/mol. The van der Waals surface area contributed by atoms with Crippen LogP contribution < -0.4 is 10.6 Å². The molecule has 0 aliphatic heterocycles. The maximum Gasteiger partial charge on any atom is 0.229 e. The summed E-state index contributed by atoms with van der Waals surface area (Å²) < 4.78 is 0.988. The van der Waals surface area contributed by atoms with Gasteiger partial charge in [-0.05, 0) is 52.7 Å². The van der Waals surface area contributed by atoms with Gasteiger partial charge in [-0.15, -0.1) is 0 Å². The molecule has 3 rings (SSSR count). The van der Waals surface area contributed by atoms with Crippen molar-refractivity contribution in [3.05, 3.63) is 70.8 Å². The van der Waals surface area contributed by atoms with Gasteiger partial charge in [-0.1, -0.05) is 30.3 Å². The Bertz CT molecular complexity index is 726. The molecular formula is C17H15BrN4. The number of nitrogens with zero attached hydrogens (tertiary/aromatic N) is 2. The number of anilines is 4. The minimum absolute atomic E-state index is 0.561. The Morgan fingerprint density at radius 1 is 0.864 bits per heavy atom. The number of rotatable bonds is 4. The fourth-order valence-electron chi connectivity index (χ4n) is 2.02. The molecule has 2 aromatic carbocycles. The minimum Gasteiger partial charge on any atom is -0.339 e. The number of aromatic nitrogens is 2. The first kappa shape index (κ1) is 14.5. The van der Waals surface area contributed by atoms with E-state index in [1.165, 1.54) is 0 Å². The molecule has 0 bridgehead atoms. The molecule has 22 heavy (non-hydrogen) atoms. The molecule has 5 heteroatoms. The van der Waals surface area contributed by atoms with Gasteiger partial charge in [0.1, 0.15) is 5.82 Å². The van der Waals surface area contributed by atoms with Crippen LogP contribution in [-0.2, 0) is 0 Å². The Balaban J connectivity index is 1.81. The fraction of sp³-hybridized carbons (Fsp3) is 0.0588. The third-order valence-electron chi connectivity index (χ3n) is 3.18. The van der Waals surface area contributed by atoms with Crippen LogP contribution in [0, 0.1) is 6.92 Å². The van der Waals surface area contributed by atoms with Crippen LogP contribution in [0.5, 0.6) is 0 Å². The Morgan fingerprint density at radius 2 is 1.59 bits per heavy atom. The van der Waals surface area contributed by atoms with Gasteiger partial charge in [0.25, 0.3) is 0 Å². The summed E-state index contributed by atoms with van der Waals surface area (Å²) in [5, 5.41) is 6.51. The van der Waals surface area contributed by atoms with Crippen LogP contribution in [0.4, 0.5) is 23.1 Å². The SMILES string of the molecule is Cc1ccccc1Nc1nccc(Nc2ccccc2Br)n1. The van der Waals surface area contributed by atoms with Crippen molar-refractivity contribution in [1.29, 1.82) is 0 Å². The van der Waals surface area contributed by atoms with Gasteiger partial charge in [0.05, 0.1) is 5.69 Å². The molecule has 0 fully saturated rings. The van der Waals surface area contributed by atoms with Gasteiger partial charge in [-0.25, -0.2) is 4.98 Å². The van der Waals surface area contributed by atoms with Crippen LogP contribution in [0.25, 0.3) is 0 Å². The van der Waals surface area contributed by atoms with E-state index in [0.29, 0.717) is 5.95 Å². The van der Waals surface area contributed by atoms with Crippen LogP contribution in [0.15, 0.2) is 65.3 Å². The molecule has 110 valence electrons. The Morgan fingerprint density at radius 3 is 2.36 bits per heavy atom. The average molecular weight is 355 g/mol. The lowest BCUT2D eigenvalue weighted by atomic mass is 10.2. The summed E-state index contributed by atoms with van der Waals surface area (Å²) in [4.78, 5) is 8.76. The van der Waals surface area contributed by atoms with E-state index in [9.17, 15) is 0 Å². The summed E-state index contributed by atoms with van der Waals surface area (Å²) >= 11 is 3.51. The molecule has 0 unspecified atom stereocenters. The number of benzene rings is 2. The summed E-state index contributed by atoms with van der Waals surface area (Å²) in [5.41, 5.74) is 3.11. The zero-order valence-electron chi connectivity index (χ0n) is 12.0. The molecule has 0 saturated carbocycles. The van der Waals surface area contributed by atoms with Crippen molar-refractivity contribution >= 4 is 39.1 Å². The van der Waals surface area contributed by atoms with Crippen LogP contribution in [-0.4, -0.2) is 9.97 Å². The highest BCUT2D eigenvalue weighted by atomic mass is 79.9. The Labute approximate surface area is 137 Å². The molecule has 2 N–H and O–H groups in total. The minimum atomic E-state index is 0.561. The second-order valence-electron chi connectivity index (χ2n) is 4.81. The standard InChI is InChI=1S/C17H15BrN4/c1-12-6-2-4-8-14(12)21-17-19-11-10-16(22-17)20-15-9-5-3-7-13(15)18/h2-11H,1H3,(H2,19,20,21,22). The predicted octanol–water partition coefficient (Wildman–Crippen LogP) is 5.03. The van der Waals surface area contributed by atoms with Crippen molar-refractivity contribution in [3.8, 4) is 0 Å². The van der Waals surface area contributed by atoms with Gasteiger partial charge in [0, 0.05) is 16.4 Å².